The average Bonchev–Trinajstić information content (AvgIpc) is 2.87. The highest BCUT2D eigenvalue weighted by Gasteiger charge is 2.33. The van der Waals surface area contributed by atoms with Crippen LogP contribution < -0.4 is 14.4 Å². The van der Waals surface area contributed by atoms with Gasteiger partial charge in [-0.3, -0.25) is 13.9 Å². The minimum atomic E-state index is -3.84. The third-order valence-electron chi connectivity index (χ3n) is 6.27. The second-order valence-electron chi connectivity index (χ2n) is 10.8. The van der Waals surface area contributed by atoms with Crippen molar-refractivity contribution < 1.29 is 22.7 Å². The molecule has 214 valence electrons. The van der Waals surface area contributed by atoms with Crippen molar-refractivity contribution in [2.45, 2.75) is 59.2 Å². The lowest BCUT2D eigenvalue weighted by atomic mass is 10.0. The highest BCUT2D eigenvalue weighted by Crippen LogP contribution is 2.26. The van der Waals surface area contributed by atoms with Gasteiger partial charge in [-0.05, 0) is 81.6 Å². The molecule has 3 aromatic carbocycles. The summed E-state index contributed by atoms with van der Waals surface area (Å²) in [5, 5.41) is 2.97. The second-order valence-corrected chi connectivity index (χ2v) is 12.7. The Kier molecular flexibility index (Phi) is 9.98. The van der Waals surface area contributed by atoms with Gasteiger partial charge in [-0.1, -0.05) is 49.4 Å². The fraction of sp³-hybridized carbons (Fsp3) is 0.355. The monoisotopic (exact) mass is 565 g/mol. The van der Waals surface area contributed by atoms with E-state index in [2.05, 4.69) is 5.32 Å². The molecule has 9 heteroatoms. The van der Waals surface area contributed by atoms with Gasteiger partial charge in [-0.2, -0.15) is 0 Å². The summed E-state index contributed by atoms with van der Waals surface area (Å²) in [5.41, 5.74) is 1.68. The van der Waals surface area contributed by atoms with Crippen LogP contribution >= 0.6 is 0 Å². The van der Waals surface area contributed by atoms with E-state index in [1.165, 1.54) is 4.90 Å². The summed E-state index contributed by atoms with van der Waals surface area (Å²) in [6, 6.07) is 22.6. The summed E-state index contributed by atoms with van der Waals surface area (Å²) >= 11 is 0. The Morgan fingerprint density at radius 1 is 0.900 bits per heavy atom. The SMILES string of the molecule is CC[C@@H](C(=O)NC(C)(C)C)N(Cc1ccccc1C)C(=O)CN(c1ccc(Oc2ccccc2)cc1)S(C)(=O)=O. The van der Waals surface area contributed by atoms with Gasteiger partial charge in [-0.15, -0.1) is 0 Å². The maximum absolute atomic E-state index is 13.9. The Labute approximate surface area is 238 Å². The van der Waals surface area contributed by atoms with E-state index in [4.69, 9.17) is 4.74 Å². The molecule has 0 bridgehead atoms. The predicted molar refractivity (Wildman–Crippen MR) is 159 cm³/mol. The van der Waals surface area contributed by atoms with E-state index in [9.17, 15) is 18.0 Å². The third-order valence-corrected chi connectivity index (χ3v) is 7.41. The number of anilines is 1. The number of nitrogens with zero attached hydrogens (tertiary/aromatic N) is 2. The molecule has 3 rings (SSSR count). The van der Waals surface area contributed by atoms with Crippen molar-refractivity contribution in [1.82, 2.24) is 10.2 Å². The largest absolute Gasteiger partial charge is 0.457 e. The number of carbonyl (C=O) groups excluding carboxylic acids is 2. The first-order valence-corrected chi connectivity index (χ1v) is 15.1. The average molecular weight is 566 g/mol. The fourth-order valence-electron chi connectivity index (χ4n) is 4.26. The number of nitrogens with one attached hydrogen (secondary N) is 1. The van der Waals surface area contributed by atoms with E-state index in [-0.39, 0.29) is 12.5 Å². The van der Waals surface area contributed by atoms with Gasteiger partial charge in [0.05, 0.1) is 11.9 Å². The molecule has 0 saturated carbocycles. The van der Waals surface area contributed by atoms with Crippen molar-refractivity contribution in [1.29, 1.82) is 0 Å². The van der Waals surface area contributed by atoms with E-state index >= 15 is 0 Å². The molecule has 0 aromatic heterocycles. The molecule has 0 fully saturated rings. The van der Waals surface area contributed by atoms with Crippen LogP contribution in [0.1, 0.15) is 45.2 Å². The zero-order chi connectivity index (χ0) is 29.5. The zero-order valence-corrected chi connectivity index (χ0v) is 24.9. The number of hydrogen-bond acceptors (Lipinski definition) is 5. The molecular formula is C31H39N3O5S. The van der Waals surface area contributed by atoms with E-state index in [0.29, 0.717) is 23.6 Å². The van der Waals surface area contributed by atoms with Gasteiger partial charge < -0.3 is 15.0 Å². The van der Waals surface area contributed by atoms with Gasteiger partial charge >= 0.3 is 0 Å². The molecule has 0 aliphatic rings. The van der Waals surface area contributed by atoms with Crippen LogP contribution in [-0.4, -0.2) is 49.5 Å². The quantitative estimate of drug-likeness (QED) is 0.342. The van der Waals surface area contributed by atoms with E-state index in [1.54, 1.807) is 24.3 Å². The van der Waals surface area contributed by atoms with Crippen molar-refractivity contribution in [2.24, 2.45) is 0 Å². The van der Waals surface area contributed by atoms with E-state index in [0.717, 1.165) is 21.7 Å². The Balaban J connectivity index is 1.92. The maximum Gasteiger partial charge on any atom is 0.244 e. The van der Waals surface area contributed by atoms with Gasteiger partial charge in [-0.25, -0.2) is 8.42 Å². The molecular weight excluding hydrogens is 526 g/mol. The van der Waals surface area contributed by atoms with Crippen LogP contribution in [0.3, 0.4) is 0 Å². The highest BCUT2D eigenvalue weighted by atomic mass is 32.2. The summed E-state index contributed by atoms with van der Waals surface area (Å²) in [6.45, 7) is 9.12. The second kappa shape index (κ2) is 13.0. The van der Waals surface area contributed by atoms with Crippen molar-refractivity contribution in [2.75, 3.05) is 17.1 Å². The van der Waals surface area contributed by atoms with E-state index < -0.39 is 34.1 Å². The van der Waals surface area contributed by atoms with Crippen LogP contribution in [0.2, 0.25) is 0 Å². The Morgan fingerprint density at radius 3 is 2.02 bits per heavy atom. The molecule has 2 amide bonds. The first-order chi connectivity index (χ1) is 18.8. The molecule has 0 radical (unpaired) electrons. The zero-order valence-electron chi connectivity index (χ0n) is 24.0. The van der Waals surface area contributed by atoms with Crippen LogP contribution in [0, 0.1) is 6.92 Å². The lowest BCUT2D eigenvalue weighted by molar-refractivity contribution is -0.141. The number of aryl methyl sites for hydroxylation is 1. The molecule has 0 saturated heterocycles. The Hall–Kier alpha value is -3.85. The van der Waals surface area contributed by atoms with Gasteiger partial charge in [0, 0.05) is 12.1 Å². The van der Waals surface area contributed by atoms with Crippen molar-refractivity contribution in [3.05, 3.63) is 90.0 Å². The number of sulfonamides is 1. The standard InChI is InChI=1S/C31H39N3O5S/c1-7-28(30(36)32-31(3,4)5)33(21-24-14-12-11-13-23(24)2)29(35)22-34(40(6,37)38)25-17-19-27(20-18-25)39-26-15-9-8-10-16-26/h8-20,28H,7,21-22H2,1-6H3,(H,32,36)/t28-/m0/s1. The van der Waals surface area contributed by atoms with Gasteiger partial charge in [0.25, 0.3) is 0 Å². The third kappa shape index (κ3) is 8.58. The summed E-state index contributed by atoms with van der Waals surface area (Å²) in [7, 11) is -3.84. The summed E-state index contributed by atoms with van der Waals surface area (Å²) in [6.07, 6.45) is 1.42. The number of hydrogen-bond donors (Lipinski definition) is 1. The van der Waals surface area contributed by atoms with Gasteiger partial charge in [0.1, 0.15) is 24.1 Å². The molecule has 40 heavy (non-hydrogen) atoms. The molecule has 3 aromatic rings. The minimum absolute atomic E-state index is 0.170. The molecule has 1 N–H and O–H groups in total. The first kappa shape index (κ1) is 30.7. The smallest absolute Gasteiger partial charge is 0.244 e. The maximum atomic E-state index is 13.9. The van der Waals surface area contributed by atoms with Gasteiger partial charge in [0.15, 0.2) is 0 Å². The number of carbonyl (C=O) groups is 2. The summed E-state index contributed by atoms with van der Waals surface area (Å²) in [4.78, 5) is 28.7. The lowest BCUT2D eigenvalue weighted by Crippen LogP contribution is -2.55. The summed E-state index contributed by atoms with van der Waals surface area (Å²) < 4.78 is 32.6. The van der Waals surface area contributed by atoms with Crippen LogP contribution in [0.15, 0.2) is 78.9 Å². The fourth-order valence-corrected chi connectivity index (χ4v) is 5.11. The molecule has 1 atom stereocenters. The summed E-state index contributed by atoms with van der Waals surface area (Å²) in [5.74, 6) is 0.414. The first-order valence-electron chi connectivity index (χ1n) is 13.2. The number of rotatable bonds is 11. The highest BCUT2D eigenvalue weighted by molar-refractivity contribution is 7.92. The molecule has 0 aliphatic heterocycles. The van der Waals surface area contributed by atoms with Gasteiger partial charge in [0.2, 0.25) is 21.8 Å². The van der Waals surface area contributed by atoms with Crippen molar-refractivity contribution >= 4 is 27.5 Å². The predicted octanol–water partition coefficient (Wildman–Crippen LogP) is 5.28. The van der Waals surface area contributed by atoms with Crippen molar-refractivity contribution in [3.63, 3.8) is 0 Å². The molecule has 0 heterocycles. The minimum Gasteiger partial charge on any atom is -0.457 e. The number of amides is 2. The number of benzene rings is 3. The van der Waals surface area contributed by atoms with Crippen LogP contribution in [0.5, 0.6) is 11.5 Å². The topological polar surface area (TPSA) is 96.0 Å². The van der Waals surface area contributed by atoms with Crippen LogP contribution in [-0.2, 0) is 26.2 Å². The van der Waals surface area contributed by atoms with E-state index in [1.807, 2.05) is 89.2 Å². The Bertz CT molecular complexity index is 1400. The van der Waals surface area contributed by atoms with Crippen LogP contribution in [0.25, 0.3) is 0 Å². The van der Waals surface area contributed by atoms with Crippen molar-refractivity contribution in [3.8, 4) is 11.5 Å². The normalized spacial score (nSPS) is 12.3. The molecule has 8 nitrogen and oxygen atoms in total. The molecule has 0 spiro atoms. The molecule has 0 unspecified atom stereocenters. The number of ether oxygens (including phenoxy) is 1. The lowest BCUT2D eigenvalue weighted by Gasteiger charge is -2.34. The Morgan fingerprint density at radius 2 is 1.48 bits per heavy atom. The number of para-hydroxylation sites is 1. The van der Waals surface area contributed by atoms with Crippen LogP contribution in [0.4, 0.5) is 5.69 Å². The molecule has 0 aliphatic carbocycles.